The van der Waals surface area contributed by atoms with Gasteiger partial charge < -0.3 is 20.4 Å². The van der Waals surface area contributed by atoms with Crippen molar-refractivity contribution in [2.75, 3.05) is 12.3 Å². The van der Waals surface area contributed by atoms with Crippen LogP contribution in [0.3, 0.4) is 0 Å². The van der Waals surface area contributed by atoms with Crippen LogP contribution in [0.4, 0.5) is 0 Å². The van der Waals surface area contributed by atoms with Gasteiger partial charge in [-0.1, -0.05) is 18.2 Å². The van der Waals surface area contributed by atoms with E-state index in [4.69, 9.17) is 0 Å². The Hall–Kier alpha value is -2.09. The fraction of sp³-hybridized carbons (Fsp3) is 0.294. The number of hydrogen-bond acceptors (Lipinski definition) is 5. The summed E-state index contributed by atoms with van der Waals surface area (Å²) in [5, 5.41) is 13.3. The lowest BCUT2D eigenvalue weighted by Gasteiger charge is -2.11. The Morgan fingerprint density at radius 3 is 2.92 bits per heavy atom. The zero-order valence-corrected chi connectivity index (χ0v) is 14.0. The molecule has 6 nitrogen and oxygen atoms in total. The summed E-state index contributed by atoms with van der Waals surface area (Å²) >= 11 is 1.74. The van der Waals surface area contributed by atoms with E-state index in [0.29, 0.717) is 24.1 Å². The quantitative estimate of drug-likeness (QED) is 0.468. The lowest BCUT2D eigenvalue weighted by Crippen LogP contribution is -2.26. The minimum Gasteiger partial charge on any atom is -0.392 e. The molecule has 0 saturated heterocycles. The summed E-state index contributed by atoms with van der Waals surface area (Å²) in [4.78, 5) is 22.5. The molecule has 2 aromatic heterocycles. The van der Waals surface area contributed by atoms with Crippen molar-refractivity contribution in [3.8, 4) is 0 Å². The van der Waals surface area contributed by atoms with Crippen LogP contribution in [-0.4, -0.2) is 38.5 Å². The van der Waals surface area contributed by atoms with E-state index in [9.17, 15) is 9.90 Å². The van der Waals surface area contributed by atoms with E-state index in [0.717, 1.165) is 17.7 Å². The summed E-state index contributed by atoms with van der Waals surface area (Å²) in [5.41, 5.74) is 1.89. The number of nitrogens with zero attached hydrogens (tertiary/aromatic N) is 1. The molecule has 24 heavy (non-hydrogen) atoms. The maximum Gasteiger partial charge on any atom is 0.275 e. The highest BCUT2D eigenvalue weighted by atomic mass is 32.2. The third kappa shape index (κ3) is 4.25. The predicted octanol–water partition coefficient (Wildman–Crippen LogP) is 1.88. The number of aromatic amines is 2. The molecule has 0 spiro atoms. The smallest absolute Gasteiger partial charge is 0.275 e. The number of nitrogens with one attached hydrogen (secondary N) is 3. The third-order valence-electron chi connectivity index (χ3n) is 3.71. The Morgan fingerprint density at radius 1 is 1.25 bits per heavy atom. The first-order valence-electron chi connectivity index (χ1n) is 7.84. The van der Waals surface area contributed by atoms with E-state index < -0.39 is 6.10 Å². The summed E-state index contributed by atoms with van der Waals surface area (Å²) in [5.74, 6) is 0.872. The van der Waals surface area contributed by atoms with Crippen LogP contribution in [0.15, 0.2) is 52.5 Å². The number of H-pyrrole nitrogens is 2. The van der Waals surface area contributed by atoms with Crippen LogP contribution < -0.4 is 10.9 Å². The van der Waals surface area contributed by atoms with Gasteiger partial charge >= 0.3 is 0 Å². The second-order valence-corrected chi connectivity index (χ2v) is 6.67. The normalized spacial score (nSPS) is 12.5. The molecule has 0 aliphatic rings. The molecule has 4 N–H and O–H groups in total. The molecule has 7 heteroatoms. The number of rotatable bonds is 8. The molecular weight excluding hydrogens is 324 g/mol. The fourth-order valence-electron chi connectivity index (χ4n) is 2.44. The molecule has 2 heterocycles. The molecule has 0 saturated carbocycles. The van der Waals surface area contributed by atoms with Gasteiger partial charge in [0.1, 0.15) is 5.52 Å². The van der Waals surface area contributed by atoms with Crippen molar-refractivity contribution >= 4 is 22.8 Å². The molecule has 3 rings (SSSR count). The van der Waals surface area contributed by atoms with Crippen molar-refractivity contribution in [3.63, 3.8) is 0 Å². The Bertz CT molecular complexity index is 831. The Morgan fingerprint density at radius 2 is 2.08 bits per heavy atom. The number of fused-ring (bicyclic) bond motifs is 1. The van der Waals surface area contributed by atoms with Crippen LogP contribution in [-0.2, 0) is 6.54 Å². The maximum atomic E-state index is 11.6. The number of aliphatic hydroxyl groups is 1. The van der Waals surface area contributed by atoms with Crippen molar-refractivity contribution in [1.82, 2.24) is 20.3 Å². The molecule has 1 atom stereocenters. The minimum atomic E-state index is -0.400. The average molecular weight is 344 g/mol. The summed E-state index contributed by atoms with van der Waals surface area (Å²) in [6, 6.07) is 10.2. The van der Waals surface area contributed by atoms with Gasteiger partial charge in [0.05, 0.1) is 17.9 Å². The Kier molecular flexibility index (Phi) is 5.68. The largest absolute Gasteiger partial charge is 0.392 e. The van der Waals surface area contributed by atoms with Crippen LogP contribution in [0.2, 0.25) is 0 Å². The molecule has 0 fully saturated rings. The third-order valence-corrected chi connectivity index (χ3v) is 4.75. The highest BCUT2D eigenvalue weighted by molar-refractivity contribution is 7.99. The van der Waals surface area contributed by atoms with Crippen molar-refractivity contribution in [2.45, 2.75) is 24.0 Å². The van der Waals surface area contributed by atoms with E-state index in [1.807, 2.05) is 18.2 Å². The summed E-state index contributed by atoms with van der Waals surface area (Å²) in [6.45, 7) is 1.06. The van der Waals surface area contributed by atoms with Crippen molar-refractivity contribution < 1.29 is 5.11 Å². The van der Waals surface area contributed by atoms with E-state index >= 15 is 0 Å². The summed E-state index contributed by atoms with van der Waals surface area (Å²) in [6.07, 6.45) is 3.50. The van der Waals surface area contributed by atoms with E-state index in [-0.39, 0.29) is 5.56 Å². The van der Waals surface area contributed by atoms with Crippen molar-refractivity contribution in [1.29, 1.82) is 0 Å². The van der Waals surface area contributed by atoms with Crippen LogP contribution >= 0.6 is 11.8 Å². The predicted molar refractivity (Wildman–Crippen MR) is 96.2 cm³/mol. The van der Waals surface area contributed by atoms with Gasteiger partial charge in [-0.3, -0.25) is 4.79 Å². The van der Waals surface area contributed by atoms with Gasteiger partial charge in [-0.05, 0) is 18.6 Å². The van der Waals surface area contributed by atoms with Gasteiger partial charge in [-0.25, -0.2) is 4.98 Å². The molecule has 0 radical (unpaired) electrons. The highest BCUT2D eigenvalue weighted by Crippen LogP contribution is 2.18. The van der Waals surface area contributed by atoms with Crippen molar-refractivity contribution in [2.24, 2.45) is 0 Å². The van der Waals surface area contributed by atoms with Gasteiger partial charge in [-0.15, -0.1) is 11.8 Å². The van der Waals surface area contributed by atoms with Gasteiger partial charge in [0, 0.05) is 35.5 Å². The number of thioether (sulfide) groups is 1. The summed E-state index contributed by atoms with van der Waals surface area (Å²) in [7, 11) is 0. The van der Waals surface area contributed by atoms with E-state index in [2.05, 4.69) is 32.4 Å². The maximum absolute atomic E-state index is 11.6. The van der Waals surface area contributed by atoms with Crippen LogP contribution in [0.5, 0.6) is 0 Å². The monoisotopic (exact) mass is 344 g/mol. The molecule has 3 aromatic rings. The molecule has 1 aromatic carbocycles. The number of benzene rings is 1. The average Bonchev–Trinajstić information content (AvgIpc) is 3.01. The molecule has 0 aliphatic heterocycles. The molecule has 126 valence electrons. The molecule has 0 bridgehead atoms. The molecular formula is C17H20N4O2S. The number of aliphatic hydroxyl groups excluding tert-OH is 1. The molecule has 0 amide bonds. The zero-order valence-electron chi connectivity index (χ0n) is 13.2. The minimum absolute atomic E-state index is 0.177. The molecule has 0 unspecified atom stereocenters. The Labute approximate surface area is 143 Å². The SMILES string of the molecule is O=c1[nH]cnc2c(CNC[C@@H](O)CCSc3ccccc3)c[nH]c12. The van der Waals surface area contributed by atoms with Crippen molar-refractivity contribution in [3.05, 3.63) is 58.8 Å². The second kappa shape index (κ2) is 8.14. The first-order valence-corrected chi connectivity index (χ1v) is 8.83. The van der Waals surface area contributed by atoms with Gasteiger partial charge in [0.15, 0.2) is 0 Å². The Balaban J connectivity index is 1.42. The first-order chi connectivity index (χ1) is 11.7. The molecule has 0 aliphatic carbocycles. The fourth-order valence-corrected chi connectivity index (χ4v) is 3.42. The van der Waals surface area contributed by atoms with Gasteiger partial charge in [0.25, 0.3) is 5.56 Å². The van der Waals surface area contributed by atoms with Gasteiger partial charge in [0.2, 0.25) is 0 Å². The number of hydrogen-bond donors (Lipinski definition) is 4. The van der Waals surface area contributed by atoms with Crippen LogP contribution in [0, 0.1) is 0 Å². The lowest BCUT2D eigenvalue weighted by atomic mass is 10.2. The highest BCUT2D eigenvalue weighted by Gasteiger charge is 2.09. The van der Waals surface area contributed by atoms with E-state index in [1.165, 1.54) is 11.2 Å². The van der Waals surface area contributed by atoms with E-state index in [1.54, 1.807) is 18.0 Å². The number of aromatic nitrogens is 3. The lowest BCUT2D eigenvalue weighted by molar-refractivity contribution is 0.168. The van der Waals surface area contributed by atoms with Gasteiger partial charge in [-0.2, -0.15) is 0 Å². The topological polar surface area (TPSA) is 93.8 Å². The second-order valence-electron chi connectivity index (χ2n) is 5.50. The van der Waals surface area contributed by atoms with Crippen LogP contribution in [0.1, 0.15) is 12.0 Å². The zero-order chi connectivity index (χ0) is 16.8. The summed E-state index contributed by atoms with van der Waals surface area (Å²) < 4.78 is 0. The first kappa shape index (κ1) is 16.8. The standard InChI is InChI=1S/C17H20N4O2S/c22-13(6-7-24-14-4-2-1-3-5-14)10-18-8-12-9-19-16-15(12)20-11-21-17(16)23/h1-5,9,11,13,18-19,22H,6-8,10H2,(H,20,21,23)/t13-/m0/s1. The van der Waals surface area contributed by atoms with Crippen LogP contribution in [0.25, 0.3) is 11.0 Å².